The van der Waals surface area contributed by atoms with Crippen molar-refractivity contribution in [3.05, 3.63) is 100 Å². The van der Waals surface area contributed by atoms with Gasteiger partial charge in [-0.2, -0.15) is 0 Å². The number of ketones is 1. The summed E-state index contributed by atoms with van der Waals surface area (Å²) >= 11 is 6.12. The average molecular weight is 531 g/mol. The highest BCUT2D eigenvalue weighted by Crippen LogP contribution is 2.40. The zero-order chi connectivity index (χ0) is 26.8. The first kappa shape index (κ1) is 25.4. The summed E-state index contributed by atoms with van der Waals surface area (Å²) in [5.41, 5.74) is 3.09. The third-order valence-electron chi connectivity index (χ3n) is 6.76. The number of benzene rings is 3. The molecule has 0 radical (unpaired) electrons. The van der Waals surface area contributed by atoms with Gasteiger partial charge in [0.1, 0.15) is 17.3 Å². The Balaban J connectivity index is 1.53. The van der Waals surface area contributed by atoms with E-state index in [2.05, 4.69) is 4.98 Å². The number of H-pyrrole nitrogens is 1. The van der Waals surface area contributed by atoms with Crippen molar-refractivity contribution >= 4 is 40.0 Å². The Labute approximate surface area is 225 Å². The van der Waals surface area contributed by atoms with Gasteiger partial charge in [-0.3, -0.25) is 9.59 Å². The molecule has 1 aliphatic heterocycles. The van der Waals surface area contributed by atoms with Gasteiger partial charge >= 0.3 is 0 Å². The number of aliphatic hydroxyl groups excluding tert-OH is 1. The quantitative estimate of drug-likeness (QED) is 0.168. The van der Waals surface area contributed by atoms with E-state index >= 15 is 0 Å². The van der Waals surface area contributed by atoms with E-state index in [4.69, 9.17) is 21.1 Å². The molecule has 0 bridgehead atoms. The number of carbonyl (C=O) groups excluding carboxylic acids is 2. The maximum absolute atomic E-state index is 13.3. The number of carbonyl (C=O) groups is 2. The van der Waals surface area contributed by atoms with Crippen molar-refractivity contribution in [2.45, 2.75) is 19.4 Å². The Bertz CT molecular complexity index is 1520. The van der Waals surface area contributed by atoms with E-state index in [1.54, 1.807) is 55.6 Å². The van der Waals surface area contributed by atoms with Crippen LogP contribution in [-0.2, 0) is 16.0 Å². The largest absolute Gasteiger partial charge is 0.507 e. The van der Waals surface area contributed by atoms with Crippen LogP contribution in [0.15, 0.2) is 78.5 Å². The second-order valence-corrected chi connectivity index (χ2v) is 9.41. The lowest BCUT2D eigenvalue weighted by atomic mass is 9.95. The van der Waals surface area contributed by atoms with Crippen molar-refractivity contribution in [3.8, 4) is 11.5 Å². The SMILES string of the molecule is CCOc1ccc(C(O)=C2C(=O)C(=O)N(CCc3c[nH]c4ccc(OC)cc34)[C@H]2c2ccc(Cl)cc2)cc1. The Morgan fingerprint density at radius 2 is 1.74 bits per heavy atom. The summed E-state index contributed by atoms with van der Waals surface area (Å²) in [6, 6.07) is 18.7. The predicted molar refractivity (Wildman–Crippen MR) is 147 cm³/mol. The fourth-order valence-electron chi connectivity index (χ4n) is 4.87. The number of ether oxygens (including phenoxy) is 2. The van der Waals surface area contributed by atoms with Crippen molar-refractivity contribution in [2.75, 3.05) is 20.3 Å². The molecule has 1 atom stereocenters. The van der Waals surface area contributed by atoms with Crippen molar-refractivity contribution in [3.63, 3.8) is 0 Å². The Morgan fingerprint density at radius 1 is 1.03 bits per heavy atom. The Kier molecular flexibility index (Phi) is 7.11. The Hall–Kier alpha value is -4.23. The molecular formula is C30H27ClN2O5. The molecule has 5 rings (SSSR count). The minimum Gasteiger partial charge on any atom is -0.507 e. The van der Waals surface area contributed by atoms with Gasteiger partial charge in [0.2, 0.25) is 0 Å². The summed E-state index contributed by atoms with van der Waals surface area (Å²) in [6.07, 6.45) is 2.39. The van der Waals surface area contributed by atoms with Crippen LogP contribution in [0.5, 0.6) is 11.5 Å². The van der Waals surface area contributed by atoms with Crippen molar-refractivity contribution in [1.29, 1.82) is 0 Å². The second kappa shape index (κ2) is 10.6. The molecule has 4 aromatic rings. The van der Waals surface area contributed by atoms with E-state index in [0.717, 1.165) is 22.2 Å². The number of Topliss-reactive ketones (excluding diaryl/α,β-unsaturated/α-hetero) is 1. The normalized spacial score (nSPS) is 16.8. The number of hydrogen-bond acceptors (Lipinski definition) is 5. The molecule has 194 valence electrons. The second-order valence-electron chi connectivity index (χ2n) is 8.98. The van der Waals surface area contributed by atoms with Crippen LogP contribution in [0.3, 0.4) is 0 Å². The number of aromatic nitrogens is 1. The highest BCUT2D eigenvalue weighted by atomic mass is 35.5. The monoisotopic (exact) mass is 530 g/mol. The van der Waals surface area contributed by atoms with Crippen molar-refractivity contribution < 1.29 is 24.2 Å². The van der Waals surface area contributed by atoms with Crippen molar-refractivity contribution in [2.24, 2.45) is 0 Å². The third-order valence-corrected chi connectivity index (χ3v) is 7.01. The number of fused-ring (bicyclic) bond motifs is 1. The molecule has 1 saturated heterocycles. The number of amides is 1. The van der Waals surface area contributed by atoms with E-state index < -0.39 is 17.7 Å². The molecule has 38 heavy (non-hydrogen) atoms. The molecule has 2 N–H and O–H groups in total. The van der Waals surface area contributed by atoms with E-state index in [-0.39, 0.29) is 17.9 Å². The molecule has 0 spiro atoms. The van der Waals surface area contributed by atoms with Crippen LogP contribution in [0.1, 0.15) is 29.7 Å². The lowest BCUT2D eigenvalue weighted by Crippen LogP contribution is -2.31. The molecule has 8 heteroatoms. The molecule has 0 saturated carbocycles. The lowest BCUT2D eigenvalue weighted by molar-refractivity contribution is -0.139. The van der Waals surface area contributed by atoms with Gasteiger partial charge < -0.3 is 24.5 Å². The summed E-state index contributed by atoms with van der Waals surface area (Å²) in [4.78, 5) is 31.4. The van der Waals surface area contributed by atoms with Crippen LogP contribution >= 0.6 is 11.6 Å². The number of nitrogens with one attached hydrogen (secondary N) is 1. The topological polar surface area (TPSA) is 91.9 Å². The Morgan fingerprint density at radius 3 is 2.42 bits per heavy atom. The zero-order valence-electron chi connectivity index (χ0n) is 21.0. The van der Waals surface area contributed by atoms with E-state index in [1.807, 2.05) is 31.3 Å². The van der Waals surface area contributed by atoms with Gasteiger partial charge in [0.15, 0.2) is 0 Å². The molecule has 2 heterocycles. The molecule has 1 fully saturated rings. The molecule has 1 amide bonds. The number of nitrogens with zero attached hydrogens (tertiary/aromatic N) is 1. The maximum Gasteiger partial charge on any atom is 0.295 e. The molecule has 0 unspecified atom stereocenters. The third kappa shape index (κ3) is 4.73. The highest BCUT2D eigenvalue weighted by Gasteiger charge is 2.45. The first-order valence-corrected chi connectivity index (χ1v) is 12.7. The molecule has 1 aliphatic rings. The molecule has 0 aliphatic carbocycles. The van der Waals surface area contributed by atoms with Crippen LogP contribution in [0.2, 0.25) is 5.02 Å². The van der Waals surface area contributed by atoms with E-state index in [0.29, 0.717) is 34.9 Å². The smallest absolute Gasteiger partial charge is 0.295 e. The number of aromatic amines is 1. The maximum atomic E-state index is 13.3. The summed E-state index contributed by atoms with van der Waals surface area (Å²) < 4.78 is 10.9. The number of likely N-dealkylation sites (tertiary alicyclic amines) is 1. The van der Waals surface area contributed by atoms with Gasteiger partial charge in [-0.05, 0) is 79.1 Å². The standard InChI is InChI=1S/C30H27ClN2O5/c1-3-38-22-10-6-19(7-11-22)28(34)26-27(18-4-8-21(31)9-5-18)33(30(36)29(26)35)15-14-20-17-32-25-13-12-23(37-2)16-24(20)25/h4-13,16-17,27,32,34H,3,14-15H2,1-2H3/t27-/m0/s1. The number of halogens is 1. The predicted octanol–water partition coefficient (Wildman–Crippen LogP) is 5.89. The molecular weight excluding hydrogens is 504 g/mol. The molecule has 7 nitrogen and oxygen atoms in total. The highest BCUT2D eigenvalue weighted by molar-refractivity contribution is 6.46. The van der Waals surface area contributed by atoms with Crippen LogP contribution in [0.25, 0.3) is 16.7 Å². The van der Waals surface area contributed by atoms with Crippen LogP contribution < -0.4 is 9.47 Å². The first-order valence-electron chi connectivity index (χ1n) is 12.3. The van der Waals surface area contributed by atoms with Gasteiger partial charge in [0.25, 0.3) is 11.7 Å². The average Bonchev–Trinajstić information content (AvgIpc) is 3.45. The first-order chi connectivity index (χ1) is 18.4. The molecule has 3 aromatic carbocycles. The van der Waals surface area contributed by atoms with Crippen LogP contribution in [-0.4, -0.2) is 46.9 Å². The number of methoxy groups -OCH3 is 1. The van der Waals surface area contributed by atoms with Gasteiger partial charge in [0, 0.05) is 34.2 Å². The number of rotatable bonds is 8. The van der Waals surface area contributed by atoms with Gasteiger partial charge in [0.05, 0.1) is 25.3 Å². The minimum atomic E-state index is -0.765. The van der Waals surface area contributed by atoms with E-state index in [1.165, 1.54) is 4.90 Å². The van der Waals surface area contributed by atoms with Crippen molar-refractivity contribution in [1.82, 2.24) is 9.88 Å². The van der Waals surface area contributed by atoms with Crippen LogP contribution in [0, 0.1) is 0 Å². The van der Waals surface area contributed by atoms with Gasteiger partial charge in [-0.1, -0.05) is 23.7 Å². The molecule has 1 aromatic heterocycles. The number of hydrogen-bond donors (Lipinski definition) is 2. The number of aliphatic hydroxyl groups is 1. The van der Waals surface area contributed by atoms with Gasteiger partial charge in [-0.15, -0.1) is 0 Å². The summed E-state index contributed by atoms with van der Waals surface area (Å²) in [5, 5.41) is 12.8. The summed E-state index contributed by atoms with van der Waals surface area (Å²) in [6.45, 7) is 2.66. The van der Waals surface area contributed by atoms with E-state index in [9.17, 15) is 14.7 Å². The fourth-order valence-corrected chi connectivity index (χ4v) is 4.99. The van der Waals surface area contributed by atoms with Gasteiger partial charge in [-0.25, -0.2) is 0 Å². The fraction of sp³-hybridized carbons (Fsp3) is 0.200. The summed E-state index contributed by atoms with van der Waals surface area (Å²) in [7, 11) is 1.61. The zero-order valence-corrected chi connectivity index (χ0v) is 21.8. The summed E-state index contributed by atoms with van der Waals surface area (Å²) in [5.74, 6) is -0.234. The lowest BCUT2D eigenvalue weighted by Gasteiger charge is -2.25. The minimum absolute atomic E-state index is 0.0436. The van der Waals surface area contributed by atoms with Crippen LogP contribution in [0.4, 0.5) is 0 Å².